The third kappa shape index (κ3) is 2.77. The number of hydrogen-bond donors (Lipinski definition) is 0. The van der Waals surface area contributed by atoms with Crippen LogP contribution in [0.2, 0.25) is 0 Å². The molecule has 27 heavy (non-hydrogen) atoms. The number of allylic oxidation sites excluding steroid dienone is 1. The molecule has 0 nitrogen and oxygen atoms in total. The molecular formula is C25H20Br2. The van der Waals surface area contributed by atoms with Crippen molar-refractivity contribution in [2.45, 2.75) is 32.1 Å². The molecule has 0 heterocycles. The van der Waals surface area contributed by atoms with Crippen LogP contribution in [0.1, 0.15) is 53.0 Å². The molecule has 1 unspecified atom stereocenters. The first kappa shape index (κ1) is 17.5. The monoisotopic (exact) mass is 478 g/mol. The van der Waals surface area contributed by atoms with Crippen LogP contribution < -0.4 is 0 Å². The van der Waals surface area contributed by atoms with Gasteiger partial charge in [0, 0.05) is 20.8 Å². The van der Waals surface area contributed by atoms with Crippen LogP contribution in [0.4, 0.5) is 0 Å². The summed E-state index contributed by atoms with van der Waals surface area (Å²) in [4.78, 5) is 0. The van der Waals surface area contributed by atoms with E-state index in [1.54, 1.807) is 0 Å². The second kappa shape index (κ2) is 6.46. The largest absolute Gasteiger partial charge is 0.0652 e. The van der Waals surface area contributed by atoms with Crippen molar-refractivity contribution < 1.29 is 0 Å². The molecule has 2 aliphatic carbocycles. The molecule has 134 valence electrons. The quantitative estimate of drug-likeness (QED) is 0.347. The zero-order valence-electron chi connectivity index (χ0n) is 15.4. The van der Waals surface area contributed by atoms with Gasteiger partial charge in [0.25, 0.3) is 0 Å². The predicted octanol–water partition coefficient (Wildman–Crippen LogP) is 8.22. The van der Waals surface area contributed by atoms with Crippen molar-refractivity contribution in [1.29, 1.82) is 0 Å². The summed E-state index contributed by atoms with van der Waals surface area (Å²) >= 11 is 7.38. The van der Waals surface area contributed by atoms with Crippen molar-refractivity contribution >= 4 is 37.9 Å². The van der Waals surface area contributed by atoms with Gasteiger partial charge < -0.3 is 0 Å². The summed E-state index contributed by atoms with van der Waals surface area (Å²) in [6.45, 7) is 4.52. The molecule has 2 aliphatic rings. The Morgan fingerprint density at radius 3 is 2.00 bits per heavy atom. The Morgan fingerprint density at radius 2 is 1.37 bits per heavy atom. The first-order chi connectivity index (χ1) is 13.0. The van der Waals surface area contributed by atoms with Crippen molar-refractivity contribution in [2.75, 3.05) is 0 Å². The van der Waals surface area contributed by atoms with E-state index in [1.165, 1.54) is 44.5 Å². The summed E-state index contributed by atoms with van der Waals surface area (Å²) in [6.07, 6.45) is 3.51. The molecule has 0 fully saturated rings. The average Bonchev–Trinajstić information content (AvgIpc) is 3.11. The van der Waals surface area contributed by atoms with Crippen LogP contribution in [0.3, 0.4) is 0 Å². The summed E-state index contributed by atoms with van der Waals surface area (Å²) in [7, 11) is 0. The first-order valence-electron chi connectivity index (χ1n) is 9.40. The van der Waals surface area contributed by atoms with Gasteiger partial charge in [0.15, 0.2) is 0 Å². The van der Waals surface area contributed by atoms with Crippen LogP contribution in [0.15, 0.2) is 69.1 Å². The van der Waals surface area contributed by atoms with Gasteiger partial charge >= 0.3 is 0 Å². The van der Waals surface area contributed by atoms with Crippen LogP contribution in [-0.2, 0) is 0 Å². The number of benzene rings is 3. The highest BCUT2D eigenvalue weighted by molar-refractivity contribution is 9.10. The second-order valence-corrected chi connectivity index (χ2v) is 9.60. The van der Waals surface area contributed by atoms with Crippen molar-refractivity contribution in [1.82, 2.24) is 0 Å². The zero-order valence-corrected chi connectivity index (χ0v) is 18.6. The molecule has 2 heteroatoms. The molecule has 0 radical (unpaired) electrons. The molecule has 0 aromatic heterocycles. The summed E-state index contributed by atoms with van der Waals surface area (Å²) < 4.78 is 2.32. The third-order valence-electron chi connectivity index (χ3n) is 6.19. The van der Waals surface area contributed by atoms with E-state index in [0.717, 1.165) is 15.4 Å². The summed E-state index contributed by atoms with van der Waals surface area (Å²) in [6, 6.07) is 20.2. The fourth-order valence-corrected chi connectivity index (χ4v) is 5.64. The van der Waals surface area contributed by atoms with Gasteiger partial charge in [-0.05, 0) is 83.5 Å². The van der Waals surface area contributed by atoms with Crippen molar-refractivity contribution in [2.24, 2.45) is 0 Å². The number of halogens is 2. The predicted molar refractivity (Wildman–Crippen MR) is 121 cm³/mol. The number of rotatable bonds is 2. The van der Waals surface area contributed by atoms with E-state index in [0.29, 0.717) is 11.8 Å². The van der Waals surface area contributed by atoms with Gasteiger partial charge in [0.2, 0.25) is 0 Å². The van der Waals surface area contributed by atoms with Gasteiger partial charge in [-0.25, -0.2) is 0 Å². The van der Waals surface area contributed by atoms with Gasteiger partial charge in [-0.2, -0.15) is 0 Å². The standard InChI is InChI=1S/C25H20Br2/c1-14-4-3-5-18-21(14)10-15(2)22(18)13-25-23-11-16(26)6-8-19(23)20-9-7-17(27)12-24(20)25/h3-12,22,25H,13H2,1-2H3. The topological polar surface area (TPSA) is 0 Å². The number of aryl methyl sites for hydroxylation is 1. The Hall–Kier alpha value is -1.64. The lowest BCUT2D eigenvalue weighted by Gasteiger charge is -2.22. The molecule has 0 saturated heterocycles. The Bertz CT molecular complexity index is 1060. The minimum atomic E-state index is 0.421. The van der Waals surface area contributed by atoms with E-state index in [-0.39, 0.29) is 0 Å². The van der Waals surface area contributed by atoms with Gasteiger partial charge in [-0.1, -0.05) is 73.8 Å². The molecule has 0 bridgehead atoms. The molecule has 5 rings (SSSR count). The molecule has 1 atom stereocenters. The lowest BCUT2D eigenvalue weighted by atomic mass is 9.82. The van der Waals surface area contributed by atoms with Crippen LogP contribution in [-0.4, -0.2) is 0 Å². The fourth-order valence-electron chi connectivity index (χ4n) is 4.88. The lowest BCUT2D eigenvalue weighted by Crippen LogP contribution is -2.06. The third-order valence-corrected chi connectivity index (χ3v) is 7.18. The first-order valence-corrected chi connectivity index (χ1v) is 11.0. The molecule has 0 saturated carbocycles. The number of hydrogen-bond acceptors (Lipinski definition) is 0. The summed E-state index contributed by atoms with van der Waals surface area (Å²) in [5.41, 5.74) is 11.5. The highest BCUT2D eigenvalue weighted by atomic mass is 79.9. The van der Waals surface area contributed by atoms with E-state index >= 15 is 0 Å². The van der Waals surface area contributed by atoms with E-state index in [9.17, 15) is 0 Å². The van der Waals surface area contributed by atoms with Crippen LogP contribution >= 0.6 is 31.9 Å². The van der Waals surface area contributed by atoms with E-state index < -0.39 is 0 Å². The Balaban J connectivity index is 1.63. The molecule has 3 aromatic rings. The molecule has 0 aliphatic heterocycles. The van der Waals surface area contributed by atoms with Crippen LogP contribution in [0, 0.1) is 6.92 Å². The number of fused-ring (bicyclic) bond motifs is 4. The average molecular weight is 480 g/mol. The van der Waals surface area contributed by atoms with Gasteiger partial charge in [-0.3, -0.25) is 0 Å². The minimum absolute atomic E-state index is 0.421. The molecule has 0 amide bonds. The van der Waals surface area contributed by atoms with Crippen molar-refractivity contribution in [3.63, 3.8) is 0 Å². The zero-order chi connectivity index (χ0) is 18.7. The van der Waals surface area contributed by atoms with Crippen molar-refractivity contribution in [3.05, 3.63) is 96.9 Å². The SMILES string of the molecule is CC1=Cc2c(C)cccc2C1CC1c2cc(Br)ccc2-c2ccc(Br)cc21. The normalized spacial score (nSPS) is 17.5. The highest BCUT2D eigenvalue weighted by Gasteiger charge is 2.34. The maximum absolute atomic E-state index is 3.69. The minimum Gasteiger partial charge on any atom is -0.0652 e. The summed E-state index contributed by atoms with van der Waals surface area (Å²) in [5, 5.41) is 0. The van der Waals surface area contributed by atoms with E-state index in [1.807, 2.05) is 0 Å². The van der Waals surface area contributed by atoms with Crippen LogP contribution in [0.5, 0.6) is 0 Å². The van der Waals surface area contributed by atoms with Crippen LogP contribution in [0.25, 0.3) is 17.2 Å². The Morgan fingerprint density at radius 1 is 0.741 bits per heavy atom. The fraction of sp³-hybridized carbons (Fsp3) is 0.200. The molecule has 0 spiro atoms. The lowest BCUT2D eigenvalue weighted by molar-refractivity contribution is 0.652. The Labute approximate surface area is 177 Å². The van der Waals surface area contributed by atoms with Gasteiger partial charge in [0.1, 0.15) is 0 Å². The maximum atomic E-state index is 3.69. The molecular weight excluding hydrogens is 460 g/mol. The molecule has 3 aromatic carbocycles. The Kier molecular flexibility index (Phi) is 4.18. The maximum Gasteiger partial charge on any atom is 0.0178 e. The van der Waals surface area contributed by atoms with Gasteiger partial charge in [-0.15, -0.1) is 0 Å². The second-order valence-electron chi connectivity index (χ2n) is 7.77. The summed E-state index contributed by atoms with van der Waals surface area (Å²) in [5.74, 6) is 0.909. The van der Waals surface area contributed by atoms with Gasteiger partial charge in [0.05, 0.1) is 0 Å². The smallest absolute Gasteiger partial charge is 0.0178 e. The molecule has 0 N–H and O–H groups in total. The van der Waals surface area contributed by atoms with E-state index in [2.05, 4.69) is 106 Å². The van der Waals surface area contributed by atoms with E-state index in [4.69, 9.17) is 0 Å². The van der Waals surface area contributed by atoms with Crippen molar-refractivity contribution in [3.8, 4) is 11.1 Å². The highest BCUT2D eigenvalue weighted by Crippen LogP contribution is 2.52.